The van der Waals surface area contributed by atoms with Crippen LogP contribution in [-0.2, 0) is 27.5 Å². The summed E-state index contributed by atoms with van der Waals surface area (Å²) in [5.74, 6) is 0. The molecule has 3 atom stereocenters. The van der Waals surface area contributed by atoms with Gasteiger partial charge in [-0.1, -0.05) is 11.8 Å². The zero-order valence-corrected chi connectivity index (χ0v) is 23.2. The van der Waals surface area contributed by atoms with Gasteiger partial charge in [-0.05, 0) is 48.2 Å². The summed E-state index contributed by atoms with van der Waals surface area (Å²) in [6.45, 7) is 1.47. The van der Waals surface area contributed by atoms with Crippen LogP contribution in [0.3, 0.4) is 0 Å². The number of thioether (sulfide) groups is 1. The van der Waals surface area contributed by atoms with Gasteiger partial charge in [0.1, 0.15) is 13.2 Å². The number of nitro benzene ring substituents is 2. The summed E-state index contributed by atoms with van der Waals surface area (Å²) < 4.78 is 10.6. The van der Waals surface area contributed by atoms with Gasteiger partial charge in [0.05, 0.1) is 22.0 Å². The van der Waals surface area contributed by atoms with Gasteiger partial charge >= 0.3 is 12.2 Å². The Hall–Kier alpha value is -4.24. The quantitative estimate of drug-likeness (QED) is 0.296. The number of carbonyl (C=O) groups excluding carboxylic acids is 3. The fourth-order valence-electron chi connectivity index (χ4n) is 4.24. The molecule has 0 aromatic heterocycles. The van der Waals surface area contributed by atoms with Crippen LogP contribution in [0.5, 0.6) is 0 Å². The first-order chi connectivity index (χ1) is 19.4. The van der Waals surface area contributed by atoms with Crippen LogP contribution in [0.1, 0.15) is 30.9 Å². The Morgan fingerprint density at radius 1 is 1.00 bits per heavy atom. The fraction of sp³-hybridized carbons (Fsp3) is 0.423. The maximum atomic E-state index is 12.9. The fourth-order valence-corrected chi connectivity index (χ4v) is 5.24. The first kappa shape index (κ1) is 31.3. The molecule has 15 heteroatoms. The van der Waals surface area contributed by atoms with Gasteiger partial charge in [-0.2, -0.15) is 0 Å². The smallest absolute Gasteiger partial charge is 0.410 e. The molecule has 1 saturated heterocycles. The minimum atomic E-state index is -1.04. The van der Waals surface area contributed by atoms with Gasteiger partial charge in [-0.15, -0.1) is 0 Å². The van der Waals surface area contributed by atoms with Crippen molar-refractivity contribution in [2.75, 3.05) is 20.1 Å². The second kappa shape index (κ2) is 14.4. The lowest BCUT2D eigenvalue weighted by Gasteiger charge is -2.29. The number of hydrogen-bond donors (Lipinski definition) is 1. The molecule has 1 aliphatic rings. The second-order valence-corrected chi connectivity index (χ2v) is 10.9. The maximum absolute atomic E-state index is 12.9. The van der Waals surface area contributed by atoms with E-state index < -0.39 is 34.2 Å². The van der Waals surface area contributed by atoms with E-state index in [1.807, 2.05) is 0 Å². The van der Waals surface area contributed by atoms with Crippen molar-refractivity contribution in [2.24, 2.45) is 0 Å². The van der Waals surface area contributed by atoms with Crippen molar-refractivity contribution < 1.29 is 38.8 Å². The molecular weight excluding hydrogens is 560 g/mol. The molecular formula is C26H30N4O10S. The number of benzene rings is 2. The average molecular weight is 591 g/mol. The molecule has 14 nitrogen and oxygen atoms in total. The molecule has 2 amide bonds. The van der Waals surface area contributed by atoms with Crippen LogP contribution in [0.2, 0.25) is 0 Å². The number of likely N-dealkylation sites (tertiary alicyclic amines) is 1. The van der Waals surface area contributed by atoms with Crippen LogP contribution in [0, 0.1) is 20.2 Å². The lowest BCUT2D eigenvalue weighted by atomic mass is 10.1. The van der Waals surface area contributed by atoms with Crippen LogP contribution < -0.4 is 0 Å². The maximum Gasteiger partial charge on any atom is 0.410 e. The number of rotatable bonds is 11. The molecule has 0 spiro atoms. The molecule has 0 aliphatic carbocycles. The number of non-ortho nitro benzene ring substituents is 2. The molecule has 2 aromatic rings. The van der Waals surface area contributed by atoms with E-state index in [9.17, 15) is 39.7 Å². The van der Waals surface area contributed by atoms with E-state index in [1.54, 1.807) is 0 Å². The van der Waals surface area contributed by atoms with Gasteiger partial charge in [-0.25, -0.2) is 9.59 Å². The Bertz CT molecular complexity index is 1260. The number of ether oxygens (including phenoxy) is 2. The van der Waals surface area contributed by atoms with Gasteiger partial charge in [0.25, 0.3) is 11.4 Å². The zero-order valence-electron chi connectivity index (χ0n) is 22.4. The van der Waals surface area contributed by atoms with E-state index in [-0.39, 0.29) is 54.5 Å². The molecule has 0 saturated carbocycles. The monoisotopic (exact) mass is 590 g/mol. The molecule has 1 N–H and O–H groups in total. The third kappa shape index (κ3) is 9.14. The van der Waals surface area contributed by atoms with E-state index in [1.165, 1.54) is 72.3 Å². The van der Waals surface area contributed by atoms with Crippen LogP contribution in [-0.4, -0.2) is 79.6 Å². The number of nitrogens with zero attached hydrogens (tertiary/aromatic N) is 4. The van der Waals surface area contributed by atoms with E-state index in [4.69, 9.17) is 9.47 Å². The average Bonchev–Trinajstić information content (AvgIpc) is 3.36. The second-order valence-electron chi connectivity index (χ2n) is 9.42. The number of aliphatic hydroxyl groups excluding tert-OH is 1. The minimum absolute atomic E-state index is 0.0775. The predicted octanol–water partition coefficient (Wildman–Crippen LogP) is 3.88. The van der Waals surface area contributed by atoms with Crippen molar-refractivity contribution in [2.45, 2.75) is 50.4 Å². The van der Waals surface area contributed by atoms with Crippen molar-refractivity contribution in [3.63, 3.8) is 0 Å². The number of hydrogen-bond acceptors (Lipinski definition) is 11. The highest BCUT2D eigenvalue weighted by atomic mass is 32.2. The summed E-state index contributed by atoms with van der Waals surface area (Å²) in [6.07, 6.45) is -1.95. The molecule has 220 valence electrons. The number of aliphatic hydroxyl groups is 1. The standard InChI is InChI=1S/C26H30N4O10S/c1-17(31)41-22-13-23(28(14-22)26(34)40-16-19-5-9-21(10-6-19)30(37)38)24(32)11-12-27(2)25(33)39-15-18-3-7-20(8-4-18)29(35)36/h3-10,22-24,32H,11-16H2,1-2H3/t22-,23-,24-/m0/s1. The van der Waals surface area contributed by atoms with Gasteiger partial charge in [-0.3, -0.25) is 25.0 Å². The summed E-state index contributed by atoms with van der Waals surface area (Å²) in [7, 11) is 1.49. The SMILES string of the molecule is CC(=O)S[C@H]1C[C@@H]([C@@H](O)CCN(C)C(=O)OCc2ccc([N+](=O)[O-])cc2)N(C(=O)OCc2ccc([N+](=O)[O-])cc2)C1. The highest BCUT2D eigenvalue weighted by Crippen LogP contribution is 2.31. The topological polar surface area (TPSA) is 183 Å². The molecule has 1 heterocycles. The van der Waals surface area contributed by atoms with E-state index >= 15 is 0 Å². The van der Waals surface area contributed by atoms with Gasteiger partial charge in [0.2, 0.25) is 0 Å². The Morgan fingerprint density at radius 2 is 1.51 bits per heavy atom. The molecule has 3 rings (SSSR count). The van der Waals surface area contributed by atoms with Crippen molar-refractivity contribution in [1.29, 1.82) is 0 Å². The first-order valence-corrected chi connectivity index (χ1v) is 13.5. The van der Waals surface area contributed by atoms with Crippen molar-refractivity contribution >= 4 is 40.4 Å². The van der Waals surface area contributed by atoms with Crippen LogP contribution in [0.4, 0.5) is 21.0 Å². The molecule has 41 heavy (non-hydrogen) atoms. The summed E-state index contributed by atoms with van der Waals surface area (Å²) in [5.41, 5.74) is 0.947. The largest absolute Gasteiger partial charge is 0.445 e. The lowest BCUT2D eigenvalue weighted by molar-refractivity contribution is -0.385. The highest BCUT2D eigenvalue weighted by Gasteiger charge is 2.41. The van der Waals surface area contributed by atoms with Crippen LogP contribution in [0.15, 0.2) is 48.5 Å². The number of carbonyl (C=O) groups is 3. The zero-order chi connectivity index (χ0) is 30.1. The predicted molar refractivity (Wildman–Crippen MR) is 147 cm³/mol. The summed E-state index contributed by atoms with van der Waals surface area (Å²) in [5, 5.41) is 32.2. The van der Waals surface area contributed by atoms with Gasteiger partial charge in [0.15, 0.2) is 5.12 Å². The Labute approximate surface area is 239 Å². The molecule has 0 unspecified atom stereocenters. The van der Waals surface area contributed by atoms with E-state index in [0.29, 0.717) is 17.5 Å². The van der Waals surface area contributed by atoms with E-state index in [0.717, 1.165) is 11.8 Å². The molecule has 1 fully saturated rings. The van der Waals surface area contributed by atoms with Crippen LogP contribution >= 0.6 is 11.8 Å². The minimum Gasteiger partial charge on any atom is -0.445 e. The van der Waals surface area contributed by atoms with E-state index in [2.05, 4.69) is 0 Å². The molecule has 0 bridgehead atoms. The Kier molecular flexibility index (Phi) is 11.0. The molecule has 1 aliphatic heterocycles. The summed E-state index contributed by atoms with van der Waals surface area (Å²) in [6, 6.07) is 10.5. The van der Waals surface area contributed by atoms with Crippen LogP contribution in [0.25, 0.3) is 0 Å². The summed E-state index contributed by atoms with van der Waals surface area (Å²) in [4.78, 5) is 60.2. The first-order valence-electron chi connectivity index (χ1n) is 12.6. The number of nitro groups is 2. The number of amides is 2. The summed E-state index contributed by atoms with van der Waals surface area (Å²) >= 11 is 1.07. The third-order valence-corrected chi connectivity index (χ3v) is 7.41. The van der Waals surface area contributed by atoms with Gasteiger partial charge < -0.3 is 24.4 Å². The Morgan fingerprint density at radius 3 is 2.00 bits per heavy atom. The molecule has 0 radical (unpaired) electrons. The van der Waals surface area contributed by atoms with Gasteiger partial charge in [0, 0.05) is 56.6 Å². The highest BCUT2D eigenvalue weighted by molar-refractivity contribution is 8.14. The van der Waals surface area contributed by atoms with Crippen molar-refractivity contribution in [1.82, 2.24) is 9.80 Å². The molecule has 2 aromatic carbocycles. The lowest BCUT2D eigenvalue weighted by Crippen LogP contribution is -2.44. The Balaban J connectivity index is 1.54. The third-order valence-electron chi connectivity index (χ3n) is 6.41. The van der Waals surface area contributed by atoms with Crippen molar-refractivity contribution in [3.8, 4) is 0 Å². The normalized spacial score (nSPS) is 17.0. The van der Waals surface area contributed by atoms with Crippen molar-refractivity contribution in [3.05, 3.63) is 79.9 Å².